The Balaban J connectivity index is 2.32. The molecule has 25 heavy (non-hydrogen) atoms. The maximum atomic E-state index is 14.6. The second-order valence-electron chi connectivity index (χ2n) is 6.20. The normalized spacial score (nSPS) is 18.1. The minimum atomic E-state index is -2.92. The van der Waals surface area contributed by atoms with E-state index in [1.165, 1.54) is 0 Å². The van der Waals surface area contributed by atoms with E-state index >= 15 is 0 Å². The Morgan fingerprint density at radius 2 is 1.20 bits per heavy atom. The third-order valence-electron chi connectivity index (χ3n) is 4.75. The van der Waals surface area contributed by atoms with Gasteiger partial charge >= 0.3 is 150 Å². The topological polar surface area (TPSA) is 0 Å². The molecule has 1 unspecified atom stereocenters. The van der Waals surface area contributed by atoms with E-state index < -0.39 is 39.9 Å². The van der Waals surface area contributed by atoms with Gasteiger partial charge < -0.3 is 0 Å². The first kappa shape index (κ1) is 18.8. The molecule has 1 aliphatic rings. The van der Waals surface area contributed by atoms with Gasteiger partial charge in [0.25, 0.3) is 0 Å². The molecule has 0 aliphatic heterocycles. The first-order valence-corrected chi connectivity index (χ1v) is 12.1. The number of halogens is 5. The van der Waals surface area contributed by atoms with Gasteiger partial charge in [0, 0.05) is 0 Å². The Kier molecular flexibility index (Phi) is 5.53. The first-order valence-electron chi connectivity index (χ1n) is 8.06. The summed E-state index contributed by atoms with van der Waals surface area (Å²) in [7, 11) is 0. The van der Waals surface area contributed by atoms with Crippen LogP contribution in [0.5, 0.6) is 0 Å². The van der Waals surface area contributed by atoms with Crippen LogP contribution in [0.15, 0.2) is 30.3 Å². The predicted octanol–water partition coefficient (Wildman–Crippen LogP) is 4.77. The molecule has 0 radical (unpaired) electrons. The molecule has 0 N–H and O–H groups in total. The summed E-state index contributed by atoms with van der Waals surface area (Å²) in [5.41, 5.74) is -3.06. The molecule has 0 spiro atoms. The van der Waals surface area contributed by atoms with Crippen LogP contribution in [0.4, 0.5) is 22.0 Å². The fraction of sp³-hybridized carbons (Fsp3) is 0.333. The van der Waals surface area contributed by atoms with Gasteiger partial charge in [-0.25, -0.2) is 0 Å². The third kappa shape index (κ3) is 3.13. The van der Waals surface area contributed by atoms with Crippen molar-refractivity contribution in [2.75, 3.05) is 0 Å². The molecule has 1 fully saturated rings. The monoisotopic (exact) mass is 438 g/mol. The van der Waals surface area contributed by atoms with Crippen molar-refractivity contribution in [3.8, 4) is 0 Å². The molecule has 1 atom stereocenters. The minimum absolute atomic E-state index is 0.142. The standard InChI is InChI=1S/C18H16F5PSe/c19-13-14(20)16(22)18(17(23)15(13)21)24(25,11-7-3-1-4-8-11)12-9-5-2-6-10-12/h1,3-4,7-8,12H,2,5-6,9-10H2. The second-order valence-corrected chi connectivity index (χ2v) is 12.8. The summed E-state index contributed by atoms with van der Waals surface area (Å²) in [5.74, 6) is -9.28. The van der Waals surface area contributed by atoms with E-state index in [1.54, 1.807) is 30.3 Å². The van der Waals surface area contributed by atoms with E-state index in [2.05, 4.69) is 15.1 Å². The fourth-order valence-corrected chi connectivity index (χ4v) is 10.1. The van der Waals surface area contributed by atoms with Crippen LogP contribution in [0.2, 0.25) is 0 Å². The maximum absolute atomic E-state index is 14.6. The van der Waals surface area contributed by atoms with Crippen LogP contribution in [-0.2, 0) is 0 Å². The Hall–Kier alpha value is -0.961. The van der Waals surface area contributed by atoms with E-state index in [4.69, 9.17) is 0 Å². The van der Waals surface area contributed by atoms with Crippen LogP contribution in [0.3, 0.4) is 0 Å². The average molecular weight is 437 g/mol. The zero-order valence-electron chi connectivity index (χ0n) is 13.2. The van der Waals surface area contributed by atoms with Gasteiger partial charge in [0.15, 0.2) is 0 Å². The van der Waals surface area contributed by atoms with E-state index in [9.17, 15) is 22.0 Å². The number of rotatable bonds is 3. The van der Waals surface area contributed by atoms with E-state index in [-0.39, 0.29) is 5.66 Å². The molecule has 1 aliphatic carbocycles. The molecule has 0 bridgehead atoms. The Bertz CT molecular complexity index is 802. The van der Waals surface area contributed by atoms with Gasteiger partial charge in [-0.15, -0.1) is 0 Å². The molecule has 2 aromatic rings. The molecule has 0 saturated heterocycles. The van der Waals surface area contributed by atoms with E-state index in [0.717, 1.165) is 19.3 Å². The van der Waals surface area contributed by atoms with Crippen LogP contribution in [0.1, 0.15) is 32.1 Å². The molecule has 134 valence electrons. The van der Waals surface area contributed by atoms with Gasteiger partial charge in [0.05, 0.1) is 0 Å². The second kappa shape index (κ2) is 7.34. The molecule has 0 aromatic heterocycles. The van der Waals surface area contributed by atoms with Crippen LogP contribution in [0, 0.1) is 29.1 Å². The van der Waals surface area contributed by atoms with Crippen molar-refractivity contribution in [1.29, 1.82) is 0 Å². The van der Waals surface area contributed by atoms with Crippen molar-refractivity contribution in [1.82, 2.24) is 0 Å². The Morgan fingerprint density at radius 3 is 1.72 bits per heavy atom. The van der Waals surface area contributed by atoms with Crippen LogP contribution in [0.25, 0.3) is 0 Å². The zero-order chi connectivity index (χ0) is 18.2. The van der Waals surface area contributed by atoms with Crippen molar-refractivity contribution in [3.05, 3.63) is 59.4 Å². The molecule has 3 rings (SSSR count). The third-order valence-corrected chi connectivity index (χ3v) is 12.8. The Morgan fingerprint density at radius 1 is 0.720 bits per heavy atom. The number of benzene rings is 2. The molecule has 0 heterocycles. The number of hydrogen-bond acceptors (Lipinski definition) is 0. The van der Waals surface area contributed by atoms with Crippen LogP contribution < -0.4 is 10.6 Å². The van der Waals surface area contributed by atoms with Gasteiger partial charge in [-0.05, 0) is 0 Å². The van der Waals surface area contributed by atoms with Crippen molar-refractivity contribution >= 4 is 31.2 Å². The summed E-state index contributed by atoms with van der Waals surface area (Å²) in [6.45, 7) is 0. The first-order chi connectivity index (χ1) is 11.9. The van der Waals surface area contributed by atoms with Crippen molar-refractivity contribution in [2.45, 2.75) is 37.8 Å². The van der Waals surface area contributed by atoms with Crippen molar-refractivity contribution in [3.63, 3.8) is 0 Å². The summed E-state index contributed by atoms with van der Waals surface area (Å²) < 4.78 is 70.5. The zero-order valence-corrected chi connectivity index (χ0v) is 15.9. The average Bonchev–Trinajstić information content (AvgIpc) is 2.66. The molecule has 0 amide bonds. The summed E-state index contributed by atoms with van der Waals surface area (Å²) in [5, 5.41) is -0.0490. The van der Waals surface area contributed by atoms with Gasteiger partial charge in [0.1, 0.15) is 0 Å². The van der Waals surface area contributed by atoms with Crippen LogP contribution in [-0.4, -0.2) is 20.8 Å². The van der Waals surface area contributed by atoms with Gasteiger partial charge in [-0.2, -0.15) is 0 Å². The predicted molar refractivity (Wildman–Crippen MR) is 91.5 cm³/mol. The van der Waals surface area contributed by atoms with Crippen molar-refractivity contribution in [2.24, 2.45) is 0 Å². The molecule has 7 heteroatoms. The van der Waals surface area contributed by atoms with Gasteiger partial charge in [-0.1, -0.05) is 0 Å². The molecule has 0 nitrogen and oxygen atoms in total. The Labute approximate surface area is 150 Å². The summed E-state index contributed by atoms with van der Waals surface area (Å²) in [4.78, 5) is 0. The molecular formula is C18H16F5PSe. The molecule has 2 aromatic carbocycles. The fourth-order valence-electron chi connectivity index (χ4n) is 3.50. The van der Waals surface area contributed by atoms with Crippen LogP contribution >= 0.6 is 5.51 Å². The van der Waals surface area contributed by atoms with Crippen molar-refractivity contribution < 1.29 is 22.0 Å². The van der Waals surface area contributed by atoms with E-state index in [0.29, 0.717) is 18.1 Å². The van der Waals surface area contributed by atoms with Gasteiger partial charge in [-0.3, -0.25) is 0 Å². The summed E-state index contributed by atoms with van der Waals surface area (Å²) >= 11 is 2.92. The SMILES string of the molecule is Fc1c(F)c(F)c(P(=[Se])(c2ccccc2)C2CCCCC2)c(F)c1F. The molecular weight excluding hydrogens is 421 g/mol. The summed E-state index contributed by atoms with van der Waals surface area (Å²) in [6, 6.07) is 8.60. The van der Waals surface area contributed by atoms with E-state index in [1.807, 2.05) is 0 Å². The quantitative estimate of drug-likeness (QED) is 0.214. The summed E-state index contributed by atoms with van der Waals surface area (Å²) in [6.07, 6.45) is 4.19. The number of hydrogen-bond donors (Lipinski definition) is 0. The van der Waals surface area contributed by atoms with Gasteiger partial charge in [0.2, 0.25) is 0 Å². The molecule has 1 saturated carbocycles.